The van der Waals surface area contributed by atoms with E-state index in [1.807, 2.05) is 20.8 Å². The molecule has 4 rings (SSSR count). The average Bonchev–Trinajstić information content (AvgIpc) is 3.39. The summed E-state index contributed by atoms with van der Waals surface area (Å²) in [4.78, 5) is 30.6. The van der Waals surface area contributed by atoms with Crippen LogP contribution in [0.2, 0.25) is 0 Å². The minimum Gasteiger partial charge on any atom is -0.383 e. The molecule has 2 aromatic rings. The molecule has 4 N–H and O–H groups in total. The Balaban J connectivity index is 1.56. The van der Waals surface area contributed by atoms with Gasteiger partial charge in [0.25, 0.3) is 5.91 Å². The number of nitrogens with two attached hydrogens (primary N) is 1. The summed E-state index contributed by atoms with van der Waals surface area (Å²) in [5.41, 5.74) is 6.99. The Labute approximate surface area is 233 Å². The van der Waals surface area contributed by atoms with Crippen LogP contribution in [0.3, 0.4) is 0 Å². The van der Waals surface area contributed by atoms with E-state index >= 15 is 0 Å². The molecule has 0 radical (unpaired) electrons. The lowest BCUT2D eigenvalue weighted by Crippen LogP contribution is -2.44. The van der Waals surface area contributed by atoms with Crippen molar-refractivity contribution in [2.45, 2.75) is 45.1 Å². The third-order valence-corrected chi connectivity index (χ3v) is 6.71. The van der Waals surface area contributed by atoms with E-state index < -0.39 is 11.7 Å². The molecular weight excluding hydrogens is 513 g/mol. The van der Waals surface area contributed by atoms with Crippen molar-refractivity contribution in [3.05, 3.63) is 65.7 Å². The van der Waals surface area contributed by atoms with Gasteiger partial charge in [-0.05, 0) is 45.1 Å². The number of rotatable bonds is 6. The number of likely N-dealkylation sites (tertiary alicyclic amines) is 1. The van der Waals surface area contributed by atoms with E-state index in [1.165, 1.54) is 24.4 Å². The van der Waals surface area contributed by atoms with E-state index in [1.54, 1.807) is 12.3 Å². The normalized spacial score (nSPS) is 18.6. The third-order valence-electron chi connectivity index (χ3n) is 6.71. The third kappa shape index (κ3) is 6.63. The van der Waals surface area contributed by atoms with E-state index in [0.29, 0.717) is 29.2 Å². The lowest BCUT2D eigenvalue weighted by molar-refractivity contribution is 0.102. The first-order valence-electron chi connectivity index (χ1n) is 13.0. The van der Waals surface area contributed by atoms with Gasteiger partial charge in [-0.3, -0.25) is 9.79 Å². The minimum absolute atomic E-state index is 0.00260. The van der Waals surface area contributed by atoms with Gasteiger partial charge in [-0.2, -0.15) is 0 Å². The number of hydrogen-bond donors (Lipinski definition) is 3. The molecule has 12 heteroatoms. The molecule has 1 aromatic carbocycles. The number of allylic oxidation sites excluding steroid dienone is 1. The second kappa shape index (κ2) is 11.8. The number of halogens is 1. The van der Waals surface area contributed by atoms with Crippen LogP contribution in [0.5, 0.6) is 0 Å². The molecule has 212 valence electrons. The van der Waals surface area contributed by atoms with Crippen molar-refractivity contribution < 1.29 is 13.7 Å². The van der Waals surface area contributed by atoms with Gasteiger partial charge in [0.2, 0.25) is 5.96 Å². The predicted octanol–water partition coefficient (Wildman–Crippen LogP) is 3.95. The molecule has 0 aliphatic carbocycles. The maximum atomic E-state index is 14.8. The summed E-state index contributed by atoms with van der Waals surface area (Å²) < 4.78 is 20.1. The molecule has 2 aliphatic rings. The van der Waals surface area contributed by atoms with E-state index in [2.05, 4.69) is 61.2 Å². The topological polar surface area (TPSA) is 137 Å². The van der Waals surface area contributed by atoms with Gasteiger partial charge in [0.1, 0.15) is 28.8 Å². The van der Waals surface area contributed by atoms with Gasteiger partial charge in [-0.15, -0.1) is 0 Å². The lowest BCUT2D eigenvalue weighted by atomic mass is 9.93. The Hall–Kier alpha value is -4.32. The molecule has 1 aromatic heterocycles. The molecule has 40 heavy (non-hydrogen) atoms. The van der Waals surface area contributed by atoms with Crippen molar-refractivity contribution in [1.82, 2.24) is 15.0 Å². The van der Waals surface area contributed by atoms with E-state index in [4.69, 9.17) is 10.3 Å². The summed E-state index contributed by atoms with van der Waals surface area (Å²) in [7, 11) is 4.16. The number of carbonyl (C=O) groups is 1. The first-order chi connectivity index (χ1) is 19.0. The van der Waals surface area contributed by atoms with Gasteiger partial charge in [0.15, 0.2) is 5.82 Å². The number of guanidine groups is 1. The molecule has 1 saturated heterocycles. The smallest absolute Gasteiger partial charge is 0.256 e. The van der Waals surface area contributed by atoms with E-state index in [0.717, 1.165) is 25.9 Å². The number of carbonyl (C=O) groups excluding carboxylic acids is 1. The van der Waals surface area contributed by atoms with Crippen molar-refractivity contribution in [2.24, 2.45) is 20.7 Å². The lowest BCUT2D eigenvalue weighted by Gasteiger charge is -2.36. The molecule has 2 aliphatic heterocycles. The highest BCUT2D eigenvalue weighted by molar-refractivity contribution is 6.41. The molecule has 3 heterocycles. The fourth-order valence-corrected chi connectivity index (χ4v) is 4.33. The molecule has 0 spiro atoms. The van der Waals surface area contributed by atoms with Crippen LogP contribution < -0.4 is 16.4 Å². The number of benzene rings is 1. The summed E-state index contributed by atoms with van der Waals surface area (Å²) in [5, 5.41) is 9.43. The van der Waals surface area contributed by atoms with Crippen LogP contribution in [0.15, 0.2) is 68.1 Å². The standard InChI is InChI=1S/C28H36FN9O2/c1-7-31-21-16-32-27(38-12-10-18(11-13-38)37(5)6)35-24(21)25(30)33-20-14-17(8-9-19(20)29)26(39)34-23-15-22(40-36-23)28(2,3)4/h7-9,14-16,18,33H,1,10-13,30H2,2-6H3,(H,34,36,39)/b25-24-,31-21-. The summed E-state index contributed by atoms with van der Waals surface area (Å²) >= 11 is 0. The molecule has 0 bridgehead atoms. The number of aromatic nitrogens is 1. The minimum atomic E-state index is -0.599. The van der Waals surface area contributed by atoms with Crippen LogP contribution in [-0.4, -0.2) is 72.0 Å². The predicted molar refractivity (Wildman–Crippen MR) is 156 cm³/mol. The number of amides is 1. The highest BCUT2D eigenvalue weighted by atomic mass is 19.1. The van der Waals surface area contributed by atoms with Gasteiger partial charge in [-0.25, -0.2) is 14.4 Å². The van der Waals surface area contributed by atoms with Crippen LogP contribution in [0.1, 0.15) is 49.7 Å². The molecule has 0 atom stereocenters. The zero-order valence-electron chi connectivity index (χ0n) is 23.5. The van der Waals surface area contributed by atoms with Crippen LogP contribution in [0, 0.1) is 5.82 Å². The zero-order chi connectivity index (χ0) is 29.0. The first kappa shape index (κ1) is 28.7. The van der Waals surface area contributed by atoms with Gasteiger partial charge in [0, 0.05) is 42.4 Å². The summed E-state index contributed by atoms with van der Waals surface area (Å²) in [5.74, 6) is 0.365. The Morgan fingerprint density at radius 3 is 2.60 bits per heavy atom. The molecule has 1 amide bonds. The first-order valence-corrected chi connectivity index (χ1v) is 13.0. The van der Waals surface area contributed by atoms with Crippen molar-refractivity contribution in [1.29, 1.82) is 0 Å². The van der Waals surface area contributed by atoms with Crippen molar-refractivity contribution in [3.8, 4) is 0 Å². The van der Waals surface area contributed by atoms with Gasteiger partial charge >= 0.3 is 0 Å². The number of aliphatic imine (C=N–C) groups is 3. The number of nitrogens with zero attached hydrogens (tertiary/aromatic N) is 6. The van der Waals surface area contributed by atoms with Crippen LogP contribution in [0.25, 0.3) is 0 Å². The Kier molecular flexibility index (Phi) is 8.48. The summed E-state index contributed by atoms with van der Waals surface area (Å²) in [6.07, 6.45) is 4.88. The van der Waals surface area contributed by atoms with E-state index in [9.17, 15) is 9.18 Å². The maximum absolute atomic E-state index is 14.8. The Bertz CT molecular complexity index is 1390. The van der Waals surface area contributed by atoms with Gasteiger partial charge < -0.3 is 30.7 Å². The molecule has 11 nitrogen and oxygen atoms in total. The molecule has 0 saturated carbocycles. The Morgan fingerprint density at radius 2 is 1.98 bits per heavy atom. The number of hydrogen-bond acceptors (Lipinski definition) is 10. The van der Waals surface area contributed by atoms with Gasteiger partial charge in [0.05, 0.1) is 11.9 Å². The average molecular weight is 550 g/mol. The van der Waals surface area contributed by atoms with E-state index in [-0.39, 0.29) is 28.3 Å². The monoisotopic (exact) mass is 549 g/mol. The number of piperidine rings is 1. The highest BCUT2D eigenvalue weighted by Crippen LogP contribution is 2.25. The Morgan fingerprint density at radius 1 is 1.25 bits per heavy atom. The fraction of sp³-hybridized carbons (Fsp3) is 0.393. The van der Waals surface area contributed by atoms with Crippen molar-refractivity contribution in [3.63, 3.8) is 0 Å². The quantitative estimate of drug-likeness (QED) is 0.496. The molecule has 1 fully saturated rings. The molecule has 0 unspecified atom stereocenters. The zero-order valence-corrected chi connectivity index (χ0v) is 23.5. The SMILES string of the molecule is C=C/N=C1/C=NC(N2CCC(N(C)C)CC2)=N/C1=C(/N)Nc1cc(C(=O)Nc2cc(C(C)(C)C)on2)ccc1F. The van der Waals surface area contributed by atoms with Crippen molar-refractivity contribution >= 4 is 35.3 Å². The van der Waals surface area contributed by atoms with Crippen LogP contribution in [0.4, 0.5) is 15.9 Å². The van der Waals surface area contributed by atoms with Gasteiger partial charge in [-0.1, -0.05) is 32.5 Å². The maximum Gasteiger partial charge on any atom is 0.256 e. The largest absolute Gasteiger partial charge is 0.383 e. The highest BCUT2D eigenvalue weighted by Gasteiger charge is 2.26. The number of nitrogens with one attached hydrogen (secondary N) is 2. The summed E-state index contributed by atoms with van der Waals surface area (Å²) in [6, 6.07) is 6.08. The molecular formula is C28H36FN9O2. The number of anilines is 2. The van der Waals surface area contributed by atoms with Crippen molar-refractivity contribution in [2.75, 3.05) is 37.8 Å². The fourth-order valence-electron chi connectivity index (χ4n) is 4.33. The second-order valence-electron chi connectivity index (χ2n) is 10.9. The van der Waals surface area contributed by atoms with Crippen LogP contribution >= 0.6 is 0 Å². The second-order valence-corrected chi connectivity index (χ2v) is 10.9. The van der Waals surface area contributed by atoms with Crippen LogP contribution in [-0.2, 0) is 5.41 Å². The summed E-state index contributed by atoms with van der Waals surface area (Å²) in [6.45, 7) is 11.1.